The summed E-state index contributed by atoms with van der Waals surface area (Å²) in [5.41, 5.74) is 2.13. The Morgan fingerprint density at radius 1 is 1.30 bits per heavy atom. The molecule has 0 saturated carbocycles. The summed E-state index contributed by atoms with van der Waals surface area (Å²) in [6.45, 7) is 4.06. The highest BCUT2D eigenvalue weighted by Gasteiger charge is 2.14. The summed E-state index contributed by atoms with van der Waals surface area (Å²) in [6, 6.07) is 9.56. The second-order valence-corrected chi connectivity index (χ2v) is 7.54. The first-order valence-corrected chi connectivity index (χ1v) is 10.1. The highest BCUT2D eigenvalue weighted by atomic mass is 35.5. The minimum absolute atomic E-state index is 0.0432. The van der Waals surface area contributed by atoms with Crippen LogP contribution in [0.1, 0.15) is 17.0 Å². The van der Waals surface area contributed by atoms with Gasteiger partial charge >= 0.3 is 0 Å². The minimum atomic E-state index is -0.568. The topological polar surface area (TPSA) is 120 Å². The van der Waals surface area contributed by atoms with Crippen LogP contribution in [-0.2, 0) is 11.4 Å². The number of aromatic nitrogens is 2. The number of benzene rings is 2. The normalized spacial score (nSPS) is 10.6. The fourth-order valence-corrected chi connectivity index (χ4v) is 3.16. The molecular weight excluding hydrogens is 432 g/mol. The van der Waals surface area contributed by atoms with Crippen LogP contribution in [0.4, 0.5) is 11.4 Å². The molecule has 30 heavy (non-hydrogen) atoms. The van der Waals surface area contributed by atoms with E-state index in [1.807, 2.05) is 32.0 Å². The molecular formula is C19H17ClN4O5S. The van der Waals surface area contributed by atoms with Crippen molar-refractivity contribution in [3.8, 4) is 5.75 Å². The number of nitrogens with zero attached hydrogens (tertiary/aromatic N) is 3. The third kappa shape index (κ3) is 5.49. The Labute approximate surface area is 180 Å². The van der Waals surface area contributed by atoms with E-state index >= 15 is 0 Å². The number of nitrogens with one attached hydrogen (secondary N) is 1. The Bertz CT molecular complexity index is 1090. The van der Waals surface area contributed by atoms with Crippen molar-refractivity contribution in [2.45, 2.75) is 25.7 Å². The Balaban J connectivity index is 1.53. The number of rotatable bonds is 8. The van der Waals surface area contributed by atoms with Crippen molar-refractivity contribution in [1.29, 1.82) is 0 Å². The predicted molar refractivity (Wildman–Crippen MR) is 112 cm³/mol. The fourth-order valence-electron chi connectivity index (χ4n) is 2.41. The number of non-ortho nitro benzene ring substituents is 1. The van der Waals surface area contributed by atoms with Crippen LogP contribution in [0.15, 0.2) is 46.0 Å². The van der Waals surface area contributed by atoms with Gasteiger partial charge in [-0.1, -0.05) is 35.5 Å². The van der Waals surface area contributed by atoms with Crippen LogP contribution in [0.3, 0.4) is 0 Å². The molecule has 1 aromatic heterocycles. The van der Waals surface area contributed by atoms with Gasteiger partial charge in [0.2, 0.25) is 5.91 Å². The standard InChI is InChI=1S/C19H17ClN4O5S/c1-11-4-3-5-16(12(11)2)28-9-18-22-23-19(29-18)30-10-17(25)21-15-8-13(24(26)27)6-7-14(15)20/h3-8H,9-10H2,1-2H3,(H,21,25). The van der Waals surface area contributed by atoms with E-state index in [9.17, 15) is 14.9 Å². The summed E-state index contributed by atoms with van der Waals surface area (Å²) in [5, 5.41) is 21.6. The zero-order valence-corrected chi connectivity index (χ0v) is 17.6. The van der Waals surface area contributed by atoms with Gasteiger partial charge in [-0.2, -0.15) is 0 Å². The van der Waals surface area contributed by atoms with Crippen molar-refractivity contribution in [3.05, 3.63) is 68.6 Å². The highest BCUT2D eigenvalue weighted by molar-refractivity contribution is 7.99. The van der Waals surface area contributed by atoms with Crippen molar-refractivity contribution >= 4 is 40.6 Å². The maximum atomic E-state index is 12.1. The third-order valence-electron chi connectivity index (χ3n) is 4.12. The van der Waals surface area contributed by atoms with E-state index in [1.165, 1.54) is 18.2 Å². The molecule has 0 bridgehead atoms. The summed E-state index contributed by atoms with van der Waals surface area (Å²) in [7, 11) is 0. The molecule has 1 amide bonds. The number of hydrogen-bond donors (Lipinski definition) is 1. The van der Waals surface area contributed by atoms with E-state index in [0.29, 0.717) is 0 Å². The number of hydrogen-bond acceptors (Lipinski definition) is 8. The number of aryl methyl sites for hydroxylation is 1. The van der Waals surface area contributed by atoms with Gasteiger partial charge in [-0.25, -0.2) is 0 Å². The Hall–Kier alpha value is -3.11. The zero-order chi connectivity index (χ0) is 21.7. The van der Waals surface area contributed by atoms with E-state index in [2.05, 4.69) is 15.5 Å². The molecule has 0 aliphatic carbocycles. The molecule has 0 unspecified atom stereocenters. The second-order valence-electron chi connectivity index (χ2n) is 6.21. The van der Waals surface area contributed by atoms with Crippen molar-refractivity contribution in [3.63, 3.8) is 0 Å². The predicted octanol–water partition coefficient (Wildman–Crippen LogP) is 4.56. The van der Waals surface area contributed by atoms with Crippen LogP contribution >= 0.6 is 23.4 Å². The summed E-state index contributed by atoms with van der Waals surface area (Å²) in [4.78, 5) is 22.4. The second kappa shape index (κ2) is 9.59. The molecule has 0 saturated heterocycles. The molecule has 2 aromatic carbocycles. The molecule has 11 heteroatoms. The molecule has 1 N–H and O–H groups in total. The molecule has 0 aliphatic heterocycles. The first-order valence-electron chi connectivity index (χ1n) is 8.71. The van der Waals surface area contributed by atoms with Crippen molar-refractivity contribution in [2.75, 3.05) is 11.1 Å². The van der Waals surface area contributed by atoms with E-state index in [-0.39, 0.29) is 39.9 Å². The van der Waals surface area contributed by atoms with Crippen molar-refractivity contribution in [2.24, 2.45) is 0 Å². The number of halogens is 1. The smallest absolute Gasteiger partial charge is 0.277 e. The van der Waals surface area contributed by atoms with E-state index < -0.39 is 10.8 Å². The molecule has 0 aliphatic rings. The van der Waals surface area contributed by atoms with Gasteiger partial charge < -0.3 is 14.5 Å². The summed E-state index contributed by atoms with van der Waals surface area (Å²) >= 11 is 7.00. The average molecular weight is 449 g/mol. The maximum Gasteiger partial charge on any atom is 0.277 e. The Morgan fingerprint density at radius 3 is 2.87 bits per heavy atom. The number of ether oxygens (including phenoxy) is 1. The van der Waals surface area contributed by atoms with Crippen LogP contribution in [-0.4, -0.2) is 26.8 Å². The van der Waals surface area contributed by atoms with E-state index in [4.69, 9.17) is 20.8 Å². The molecule has 0 radical (unpaired) electrons. The lowest BCUT2D eigenvalue weighted by Crippen LogP contribution is -2.14. The summed E-state index contributed by atoms with van der Waals surface area (Å²) < 4.78 is 11.2. The number of nitro benzene ring substituents is 1. The molecule has 1 heterocycles. The van der Waals surface area contributed by atoms with E-state index in [0.717, 1.165) is 28.6 Å². The first kappa shape index (κ1) is 21.6. The van der Waals surface area contributed by atoms with Gasteiger partial charge in [-0.05, 0) is 37.1 Å². The number of amides is 1. The lowest BCUT2D eigenvalue weighted by molar-refractivity contribution is -0.384. The molecule has 0 spiro atoms. The zero-order valence-electron chi connectivity index (χ0n) is 16.0. The van der Waals surface area contributed by atoms with Gasteiger partial charge in [-0.15, -0.1) is 10.2 Å². The van der Waals surface area contributed by atoms with Gasteiger partial charge in [0.15, 0.2) is 6.61 Å². The quantitative estimate of drug-likeness (QED) is 0.302. The van der Waals surface area contributed by atoms with Crippen LogP contribution < -0.4 is 10.1 Å². The summed E-state index contributed by atoms with van der Waals surface area (Å²) in [5.74, 6) is 0.545. The van der Waals surface area contributed by atoms with Crippen molar-refractivity contribution < 1.29 is 18.9 Å². The Morgan fingerprint density at radius 2 is 2.10 bits per heavy atom. The van der Waals surface area contributed by atoms with E-state index in [1.54, 1.807) is 0 Å². The van der Waals surface area contributed by atoms with Crippen molar-refractivity contribution in [1.82, 2.24) is 10.2 Å². The number of carbonyl (C=O) groups excluding carboxylic acids is 1. The Kier molecular flexibility index (Phi) is 6.91. The SMILES string of the molecule is Cc1cccc(OCc2nnc(SCC(=O)Nc3cc([N+](=O)[O-])ccc3Cl)o2)c1C. The fraction of sp³-hybridized carbons (Fsp3) is 0.211. The molecule has 0 atom stereocenters. The number of anilines is 1. The van der Waals surface area contributed by atoms with Gasteiger partial charge in [0.05, 0.1) is 21.4 Å². The molecule has 3 aromatic rings. The first-order chi connectivity index (χ1) is 14.3. The molecule has 156 valence electrons. The average Bonchev–Trinajstić information content (AvgIpc) is 3.17. The minimum Gasteiger partial charge on any atom is -0.484 e. The molecule has 9 nitrogen and oxygen atoms in total. The van der Waals surface area contributed by atoms with Gasteiger partial charge in [0.25, 0.3) is 16.8 Å². The number of nitro groups is 1. The van der Waals surface area contributed by atoms with Crippen LogP contribution in [0.25, 0.3) is 0 Å². The van der Waals surface area contributed by atoms with Crippen LogP contribution in [0.2, 0.25) is 5.02 Å². The number of carbonyl (C=O) groups is 1. The van der Waals surface area contributed by atoms with Crippen LogP contribution in [0.5, 0.6) is 5.75 Å². The lowest BCUT2D eigenvalue weighted by atomic mass is 10.1. The number of thioether (sulfide) groups is 1. The van der Waals surface area contributed by atoms with Gasteiger partial charge in [0, 0.05) is 12.1 Å². The monoisotopic (exact) mass is 448 g/mol. The molecule has 3 rings (SSSR count). The van der Waals surface area contributed by atoms with Crippen LogP contribution in [0, 0.1) is 24.0 Å². The maximum absolute atomic E-state index is 12.1. The lowest BCUT2D eigenvalue weighted by Gasteiger charge is -2.08. The summed E-state index contributed by atoms with van der Waals surface area (Å²) in [6.07, 6.45) is 0. The third-order valence-corrected chi connectivity index (χ3v) is 5.26. The molecule has 0 fully saturated rings. The van der Waals surface area contributed by atoms with Gasteiger partial charge in [0.1, 0.15) is 5.75 Å². The largest absolute Gasteiger partial charge is 0.484 e. The highest BCUT2D eigenvalue weighted by Crippen LogP contribution is 2.27. The van der Waals surface area contributed by atoms with Gasteiger partial charge in [-0.3, -0.25) is 14.9 Å².